The van der Waals surface area contributed by atoms with Crippen LogP contribution in [-0.4, -0.2) is 43.8 Å². The standard InChI is InChI=1S/C20H30F4O5/c1-3-17(25)27-14-9-5-7-11-19(21,22)13-16-29-20(23,24)12-8-6-10-15-28-18(26)4-2/h3-4H,1-2,5-16H2. The molecule has 0 amide bonds. The molecule has 0 spiro atoms. The monoisotopic (exact) mass is 426 g/mol. The minimum atomic E-state index is -3.47. The van der Waals surface area contributed by atoms with Crippen LogP contribution >= 0.6 is 0 Å². The van der Waals surface area contributed by atoms with Crippen LogP contribution in [0, 0.1) is 0 Å². The largest absolute Gasteiger partial charge is 0.463 e. The van der Waals surface area contributed by atoms with Gasteiger partial charge >= 0.3 is 18.0 Å². The Morgan fingerprint density at radius 3 is 1.66 bits per heavy atom. The first-order chi connectivity index (χ1) is 13.6. The van der Waals surface area contributed by atoms with Crippen LogP contribution in [0.1, 0.15) is 57.8 Å². The molecular weight excluding hydrogens is 396 g/mol. The van der Waals surface area contributed by atoms with Crippen LogP contribution in [0.5, 0.6) is 0 Å². The van der Waals surface area contributed by atoms with Crippen LogP contribution in [-0.2, 0) is 23.8 Å². The smallest absolute Gasteiger partial charge is 0.355 e. The molecule has 0 aromatic carbocycles. The second-order valence-electron chi connectivity index (χ2n) is 6.46. The number of rotatable bonds is 18. The van der Waals surface area contributed by atoms with E-state index in [1.165, 1.54) is 0 Å². The summed E-state index contributed by atoms with van der Waals surface area (Å²) in [4.78, 5) is 21.6. The van der Waals surface area contributed by atoms with Crippen molar-refractivity contribution in [3.63, 3.8) is 0 Å². The molecule has 0 radical (unpaired) electrons. The molecule has 0 saturated heterocycles. The van der Waals surface area contributed by atoms with Gasteiger partial charge < -0.3 is 14.2 Å². The predicted octanol–water partition coefficient (Wildman–Crippen LogP) is 5.20. The number of unbranched alkanes of at least 4 members (excludes halogenated alkanes) is 4. The molecule has 0 atom stereocenters. The first-order valence-corrected chi connectivity index (χ1v) is 9.60. The number of hydrogen-bond donors (Lipinski definition) is 0. The van der Waals surface area contributed by atoms with Crippen LogP contribution in [0.25, 0.3) is 0 Å². The summed E-state index contributed by atoms with van der Waals surface area (Å²) in [5.41, 5.74) is 0. The molecule has 0 fully saturated rings. The normalized spacial score (nSPS) is 11.7. The maximum absolute atomic E-state index is 13.7. The summed E-state index contributed by atoms with van der Waals surface area (Å²) in [5, 5.41) is 0. The van der Waals surface area contributed by atoms with Crippen LogP contribution in [0.4, 0.5) is 17.6 Å². The number of esters is 2. The van der Waals surface area contributed by atoms with Gasteiger partial charge in [0, 0.05) is 31.4 Å². The second-order valence-corrected chi connectivity index (χ2v) is 6.46. The van der Waals surface area contributed by atoms with Crippen molar-refractivity contribution in [1.29, 1.82) is 0 Å². The van der Waals surface area contributed by atoms with Gasteiger partial charge in [-0.05, 0) is 38.5 Å². The Hall–Kier alpha value is -1.90. The van der Waals surface area contributed by atoms with Crippen molar-refractivity contribution in [1.82, 2.24) is 0 Å². The number of carbonyl (C=O) groups is 2. The van der Waals surface area contributed by atoms with Crippen molar-refractivity contribution in [2.45, 2.75) is 69.8 Å². The van der Waals surface area contributed by atoms with Crippen molar-refractivity contribution in [3.8, 4) is 0 Å². The highest BCUT2D eigenvalue weighted by molar-refractivity contribution is 5.81. The summed E-state index contributed by atoms with van der Waals surface area (Å²) in [6.07, 6.45) is -1.27. The minimum Gasteiger partial charge on any atom is -0.463 e. The minimum absolute atomic E-state index is 0.111. The van der Waals surface area contributed by atoms with E-state index in [9.17, 15) is 27.2 Å². The maximum atomic E-state index is 13.7. The van der Waals surface area contributed by atoms with E-state index >= 15 is 0 Å². The summed E-state index contributed by atoms with van der Waals surface area (Å²) in [6.45, 7) is 5.96. The van der Waals surface area contributed by atoms with Crippen LogP contribution in [0.3, 0.4) is 0 Å². The highest BCUT2D eigenvalue weighted by atomic mass is 19.3. The van der Waals surface area contributed by atoms with Crippen molar-refractivity contribution in [3.05, 3.63) is 25.3 Å². The molecule has 0 N–H and O–H groups in total. The Kier molecular flexibility index (Phi) is 14.0. The lowest BCUT2D eigenvalue weighted by molar-refractivity contribution is -0.248. The molecule has 0 aromatic rings. The predicted molar refractivity (Wildman–Crippen MR) is 99.7 cm³/mol. The lowest BCUT2D eigenvalue weighted by Crippen LogP contribution is -2.25. The Morgan fingerprint density at radius 2 is 1.17 bits per heavy atom. The average Bonchev–Trinajstić information content (AvgIpc) is 2.66. The number of hydrogen-bond acceptors (Lipinski definition) is 5. The van der Waals surface area contributed by atoms with Crippen LogP contribution < -0.4 is 0 Å². The second kappa shape index (κ2) is 15.0. The molecular formula is C20H30F4O5. The van der Waals surface area contributed by atoms with Crippen molar-refractivity contribution in [2.75, 3.05) is 19.8 Å². The van der Waals surface area contributed by atoms with E-state index in [-0.39, 0.29) is 26.1 Å². The van der Waals surface area contributed by atoms with E-state index < -0.39 is 49.8 Å². The molecule has 0 aromatic heterocycles. The number of halogens is 4. The first-order valence-electron chi connectivity index (χ1n) is 9.60. The number of carbonyl (C=O) groups excluding carboxylic acids is 2. The van der Waals surface area contributed by atoms with Gasteiger partial charge in [0.2, 0.25) is 5.92 Å². The highest BCUT2D eigenvalue weighted by Crippen LogP contribution is 2.29. The summed E-state index contributed by atoms with van der Waals surface area (Å²) in [5.74, 6) is -4.23. The summed E-state index contributed by atoms with van der Waals surface area (Å²) in [7, 11) is 0. The van der Waals surface area contributed by atoms with Gasteiger partial charge in [-0.1, -0.05) is 13.2 Å². The fraction of sp³-hybridized carbons (Fsp3) is 0.700. The molecule has 9 heteroatoms. The lowest BCUT2D eigenvalue weighted by Gasteiger charge is -2.20. The van der Waals surface area contributed by atoms with E-state index in [0.717, 1.165) is 12.2 Å². The van der Waals surface area contributed by atoms with Gasteiger partial charge in [0.25, 0.3) is 0 Å². The Bertz CT molecular complexity index is 465. The molecule has 0 heterocycles. The van der Waals surface area contributed by atoms with E-state index in [2.05, 4.69) is 17.9 Å². The van der Waals surface area contributed by atoms with Crippen molar-refractivity contribution >= 4 is 11.9 Å². The first kappa shape index (κ1) is 27.1. The summed E-state index contributed by atoms with van der Waals surface area (Å²) < 4.78 is 68.3. The van der Waals surface area contributed by atoms with Gasteiger partial charge in [-0.15, -0.1) is 0 Å². The molecule has 0 aliphatic rings. The molecule has 0 aliphatic heterocycles. The van der Waals surface area contributed by atoms with E-state index in [1.807, 2.05) is 0 Å². The zero-order valence-electron chi connectivity index (χ0n) is 16.6. The summed E-state index contributed by atoms with van der Waals surface area (Å²) in [6, 6.07) is 0. The van der Waals surface area contributed by atoms with E-state index in [0.29, 0.717) is 25.7 Å². The third kappa shape index (κ3) is 16.7. The molecule has 29 heavy (non-hydrogen) atoms. The van der Waals surface area contributed by atoms with Gasteiger partial charge in [0.05, 0.1) is 19.8 Å². The fourth-order valence-electron chi connectivity index (χ4n) is 2.28. The van der Waals surface area contributed by atoms with Gasteiger partial charge in [-0.3, -0.25) is 0 Å². The molecule has 0 saturated carbocycles. The highest BCUT2D eigenvalue weighted by Gasteiger charge is 2.33. The molecule has 0 aliphatic carbocycles. The molecule has 0 rings (SSSR count). The Morgan fingerprint density at radius 1 is 0.690 bits per heavy atom. The molecule has 5 nitrogen and oxygen atoms in total. The van der Waals surface area contributed by atoms with Gasteiger partial charge in [-0.25, -0.2) is 18.4 Å². The number of ether oxygens (including phenoxy) is 3. The van der Waals surface area contributed by atoms with E-state index in [4.69, 9.17) is 9.47 Å². The third-order valence-electron chi connectivity index (χ3n) is 3.90. The van der Waals surface area contributed by atoms with Crippen LogP contribution in [0.2, 0.25) is 0 Å². The van der Waals surface area contributed by atoms with Crippen molar-refractivity contribution < 1.29 is 41.4 Å². The zero-order valence-corrected chi connectivity index (χ0v) is 16.6. The fourth-order valence-corrected chi connectivity index (χ4v) is 2.28. The Balaban J connectivity index is 3.80. The van der Waals surface area contributed by atoms with E-state index in [1.54, 1.807) is 0 Å². The van der Waals surface area contributed by atoms with Crippen LogP contribution in [0.15, 0.2) is 25.3 Å². The van der Waals surface area contributed by atoms with Gasteiger partial charge in [-0.2, -0.15) is 8.78 Å². The van der Waals surface area contributed by atoms with Gasteiger partial charge in [0.15, 0.2) is 0 Å². The summed E-state index contributed by atoms with van der Waals surface area (Å²) >= 11 is 0. The average molecular weight is 426 g/mol. The van der Waals surface area contributed by atoms with Gasteiger partial charge in [0.1, 0.15) is 0 Å². The molecule has 0 unspecified atom stereocenters. The van der Waals surface area contributed by atoms with Crippen molar-refractivity contribution in [2.24, 2.45) is 0 Å². The SMILES string of the molecule is C=CC(=O)OCCCCCC(F)(F)CCOC(F)(F)CCCCCOC(=O)C=C. The molecule has 168 valence electrons. The maximum Gasteiger partial charge on any atom is 0.355 e. The molecule has 0 bridgehead atoms. The topological polar surface area (TPSA) is 61.8 Å². The zero-order chi connectivity index (χ0) is 22.2. The lowest BCUT2D eigenvalue weighted by atomic mass is 10.1. The Labute approximate surface area is 169 Å². The quantitative estimate of drug-likeness (QED) is 0.130. The third-order valence-corrected chi connectivity index (χ3v) is 3.90. The number of alkyl halides is 4.